The molecule has 3 heterocycles. The second-order valence-electron chi connectivity index (χ2n) is 7.24. The van der Waals surface area contributed by atoms with Gasteiger partial charge in [-0.15, -0.1) is 0 Å². The Morgan fingerprint density at radius 3 is 2.47 bits per heavy atom. The van der Waals surface area contributed by atoms with Crippen LogP contribution in [-0.4, -0.2) is 52.3 Å². The largest absolute Gasteiger partial charge is 0.416 e. The molecule has 158 valence electrons. The Balaban J connectivity index is 1.64. The first-order valence-corrected chi connectivity index (χ1v) is 9.96. The molecule has 0 bridgehead atoms. The van der Waals surface area contributed by atoms with Crippen molar-refractivity contribution in [2.45, 2.75) is 19.1 Å². The molecule has 8 heteroatoms. The smallest absolute Gasteiger partial charge is 0.379 e. The Morgan fingerprint density at radius 2 is 1.73 bits per heavy atom. The normalized spacial score (nSPS) is 15.4. The average molecular weight is 416 g/mol. The van der Waals surface area contributed by atoms with Crippen LogP contribution in [-0.2, 0) is 17.5 Å². The number of hydrogen-bond donors (Lipinski definition) is 0. The first kappa shape index (κ1) is 20.6. The maximum absolute atomic E-state index is 13.2. The fourth-order valence-corrected chi connectivity index (χ4v) is 3.70. The zero-order valence-corrected chi connectivity index (χ0v) is 16.5. The van der Waals surface area contributed by atoms with Crippen molar-refractivity contribution in [3.63, 3.8) is 0 Å². The molecule has 0 spiro atoms. The van der Waals surface area contributed by atoms with E-state index in [4.69, 9.17) is 4.74 Å². The van der Waals surface area contributed by atoms with Crippen molar-refractivity contribution in [2.24, 2.45) is 0 Å². The van der Waals surface area contributed by atoms with Crippen molar-refractivity contribution in [3.05, 3.63) is 60.6 Å². The summed E-state index contributed by atoms with van der Waals surface area (Å²) in [4.78, 5) is 10.9. The molecule has 1 aliphatic rings. The number of aromatic nitrogens is 3. The number of imidazole rings is 1. The van der Waals surface area contributed by atoms with Gasteiger partial charge >= 0.3 is 6.18 Å². The van der Waals surface area contributed by atoms with Crippen LogP contribution in [0.1, 0.15) is 12.0 Å². The lowest BCUT2D eigenvalue weighted by molar-refractivity contribution is -0.137. The summed E-state index contributed by atoms with van der Waals surface area (Å²) >= 11 is 0. The number of halogens is 3. The SMILES string of the molecule is FC(F)(F)c1cccc(-c2ncc(-c3ccncc3)n2CCCN2CCOCC2)c1. The van der Waals surface area contributed by atoms with E-state index in [0.29, 0.717) is 17.9 Å². The van der Waals surface area contributed by atoms with Gasteiger partial charge in [0, 0.05) is 49.7 Å². The lowest BCUT2D eigenvalue weighted by Gasteiger charge is -2.26. The van der Waals surface area contributed by atoms with Crippen molar-refractivity contribution < 1.29 is 17.9 Å². The molecule has 0 saturated carbocycles. The van der Waals surface area contributed by atoms with Gasteiger partial charge in [0.25, 0.3) is 0 Å². The second-order valence-corrected chi connectivity index (χ2v) is 7.24. The minimum atomic E-state index is -4.39. The van der Waals surface area contributed by atoms with Crippen LogP contribution in [0.2, 0.25) is 0 Å². The minimum absolute atomic E-state index is 0.455. The van der Waals surface area contributed by atoms with Gasteiger partial charge in [-0.2, -0.15) is 13.2 Å². The maximum Gasteiger partial charge on any atom is 0.416 e. The number of nitrogens with zero attached hydrogens (tertiary/aromatic N) is 4. The van der Waals surface area contributed by atoms with E-state index in [1.807, 2.05) is 16.7 Å². The summed E-state index contributed by atoms with van der Waals surface area (Å²) in [6.07, 6.45) is 1.59. The molecule has 2 aromatic heterocycles. The molecular weight excluding hydrogens is 393 g/mol. The van der Waals surface area contributed by atoms with Gasteiger partial charge in [0.05, 0.1) is 30.7 Å². The number of benzene rings is 1. The molecule has 0 N–H and O–H groups in total. The Hall–Kier alpha value is -2.71. The van der Waals surface area contributed by atoms with Gasteiger partial charge in [0.15, 0.2) is 0 Å². The molecule has 0 amide bonds. The predicted molar refractivity (Wildman–Crippen MR) is 108 cm³/mol. The van der Waals surface area contributed by atoms with Gasteiger partial charge < -0.3 is 9.30 Å². The van der Waals surface area contributed by atoms with Gasteiger partial charge in [-0.05, 0) is 30.7 Å². The molecule has 5 nitrogen and oxygen atoms in total. The quantitative estimate of drug-likeness (QED) is 0.599. The molecule has 1 fully saturated rings. The zero-order chi connectivity index (χ0) is 21.0. The van der Waals surface area contributed by atoms with Gasteiger partial charge in [0.2, 0.25) is 0 Å². The monoisotopic (exact) mass is 416 g/mol. The highest BCUT2D eigenvalue weighted by Crippen LogP contribution is 2.33. The molecule has 30 heavy (non-hydrogen) atoms. The number of rotatable bonds is 6. The summed E-state index contributed by atoms with van der Waals surface area (Å²) in [5.41, 5.74) is 1.58. The number of hydrogen-bond acceptors (Lipinski definition) is 4. The van der Waals surface area contributed by atoms with Crippen LogP contribution in [0, 0.1) is 0 Å². The van der Waals surface area contributed by atoms with Crippen LogP contribution in [0.15, 0.2) is 55.0 Å². The molecule has 1 aromatic carbocycles. The molecule has 0 aliphatic carbocycles. The zero-order valence-electron chi connectivity index (χ0n) is 16.5. The highest BCUT2D eigenvalue weighted by molar-refractivity contribution is 5.66. The molecule has 3 aromatic rings. The van der Waals surface area contributed by atoms with Crippen LogP contribution >= 0.6 is 0 Å². The molecule has 4 rings (SSSR count). The molecule has 0 unspecified atom stereocenters. The summed E-state index contributed by atoms with van der Waals surface area (Å²) in [6, 6.07) is 9.11. The Morgan fingerprint density at radius 1 is 0.967 bits per heavy atom. The van der Waals surface area contributed by atoms with Gasteiger partial charge in [0.1, 0.15) is 5.82 Å². The van der Waals surface area contributed by atoms with E-state index in [2.05, 4.69) is 14.9 Å². The Labute approximate surface area is 173 Å². The molecule has 1 saturated heterocycles. The van der Waals surface area contributed by atoms with Gasteiger partial charge in [-0.3, -0.25) is 9.88 Å². The van der Waals surface area contributed by atoms with Crippen molar-refractivity contribution in [3.8, 4) is 22.6 Å². The third-order valence-electron chi connectivity index (χ3n) is 5.24. The number of morpholine rings is 1. The van der Waals surface area contributed by atoms with Crippen molar-refractivity contribution >= 4 is 0 Å². The first-order chi connectivity index (χ1) is 14.5. The van der Waals surface area contributed by atoms with Crippen LogP contribution in [0.25, 0.3) is 22.6 Å². The molecular formula is C22H23F3N4O. The van der Waals surface area contributed by atoms with Gasteiger partial charge in [-0.1, -0.05) is 12.1 Å². The number of alkyl halides is 3. The lowest BCUT2D eigenvalue weighted by Crippen LogP contribution is -2.37. The Bertz CT molecular complexity index is 966. The molecule has 1 aliphatic heterocycles. The predicted octanol–water partition coefficient (Wildman–Crippen LogP) is 4.35. The third-order valence-corrected chi connectivity index (χ3v) is 5.24. The highest BCUT2D eigenvalue weighted by atomic mass is 19.4. The van der Waals surface area contributed by atoms with Gasteiger partial charge in [-0.25, -0.2) is 4.98 Å². The van der Waals surface area contributed by atoms with E-state index in [1.54, 1.807) is 24.7 Å². The topological polar surface area (TPSA) is 43.2 Å². The minimum Gasteiger partial charge on any atom is -0.379 e. The fourth-order valence-electron chi connectivity index (χ4n) is 3.70. The van der Waals surface area contributed by atoms with E-state index in [0.717, 1.165) is 62.7 Å². The summed E-state index contributed by atoms with van der Waals surface area (Å²) in [7, 11) is 0. The molecule has 0 radical (unpaired) electrons. The van der Waals surface area contributed by atoms with E-state index in [9.17, 15) is 13.2 Å². The highest BCUT2D eigenvalue weighted by Gasteiger charge is 2.31. The van der Waals surface area contributed by atoms with E-state index >= 15 is 0 Å². The van der Waals surface area contributed by atoms with E-state index in [-0.39, 0.29) is 0 Å². The summed E-state index contributed by atoms with van der Waals surface area (Å²) in [6.45, 7) is 4.84. The lowest BCUT2D eigenvalue weighted by atomic mass is 10.1. The Kier molecular flexibility index (Phi) is 6.15. The van der Waals surface area contributed by atoms with Crippen LogP contribution in [0.4, 0.5) is 13.2 Å². The van der Waals surface area contributed by atoms with Crippen LogP contribution < -0.4 is 0 Å². The molecule has 0 atom stereocenters. The van der Waals surface area contributed by atoms with E-state index in [1.165, 1.54) is 6.07 Å². The van der Waals surface area contributed by atoms with E-state index < -0.39 is 11.7 Å². The first-order valence-electron chi connectivity index (χ1n) is 9.96. The van der Waals surface area contributed by atoms with Crippen molar-refractivity contribution in [1.82, 2.24) is 19.4 Å². The fraction of sp³-hybridized carbons (Fsp3) is 0.364. The summed E-state index contributed by atoms with van der Waals surface area (Å²) in [5.74, 6) is 0.537. The summed E-state index contributed by atoms with van der Waals surface area (Å²) in [5, 5.41) is 0. The third kappa shape index (κ3) is 4.71. The van der Waals surface area contributed by atoms with Crippen molar-refractivity contribution in [2.75, 3.05) is 32.8 Å². The average Bonchev–Trinajstić information content (AvgIpc) is 3.18. The van der Waals surface area contributed by atoms with Crippen molar-refractivity contribution in [1.29, 1.82) is 0 Å². The second kappa shape index (κ2) is 8.97. The van der Waals surface area contributed by atoms with Crippen LogP contribution in [0.5, 0.6) is 0 Å². The number of ether oxygens (including phenoxy) is 1. The standard InChI is InChI=1S/C22H23F3N4O/c23-22(24,25)19-4-1-3-18(15-19)21-27-16-20(17-5-7-26-8-6-17)29(21)10-2-9-28-11-13-30-14-12-28/h1,3-8,15-16H,2,9-14H2. The number of pyridine rings is 1. The van der Waals surface area contributed by atoms with Crippen LogP contribution in [0.3, 0.4) is 0 Å². The summed E-state index contributed by atoms with van der Waals surface area (Å²) < 4.78 is 47.0. The maximum atomic E-state index is 13.2.